The van der Waals surface area contributed by atoms with E-state index in [0.717, 1.165) is 57.8 Å². The van der Waals surface area contributed by atoms with Gasteiger partial charge in [0.05, 0.1) is 17.8 Å². The highest BCUT2D eigenvalue weighted by Crippen LogP contribution is 2.20. The van der Waals surface area contributed by atoms with Gasteiger partial charge in [0.15, 0.2) is 0 Å². The normalized spacial score (nSPS) is 12.1. The van der Waals surface area contributed by atoms with Crippen molar-refractivity contribution in [1.82, 2.24) is 10.6 Å². The van der Waals surface area contributed by atoms with Crippen LogP contribution in [0.5, 0.6) is 0 Å². The van der Waals surface area contributed by atoms with Gasteiger partial charge >= 0.3 is 0 Å². The monoisotopic (exact) mass is 473 g/mol. The standard InChI is InChI=1S/C25H51N3O5/c1-24(2,14-10-16-26)33-21-15-25(3,4)32-20-11-18-28-23(31)13-12-22(30)27-17-8-6-5-7-9-19-29/h29H,5-21,26H2,1-4H3,(H,27,30)(H,28,31). The van der Waals surface area contributed by atoms with Gasteiger partial charge in [-0.05, 0) is 72.8 Å². The summed E-state index contributed by atoms with van der Waals surface area (Å²) in [5.41, 5.74) is 5.12. The summed E-state index contributed by atoms with van der Waals surface area (Å²) in [6.07, 6.45) is 8.73. The summed E-state index contributed by atoms with van der Waals surface area (Å²) in [6, 6.07) is 0. The Morgan fingerprint density at radius 2 is 1.24 bits per heavy atom. The lowest BCUT2D eigenvalue weighted by Gasteiger charge is -2.29. The van der Waals surface area contributed by atoms with Crippen molar-refractivity contribution in [1.29, 1.82) is 0 Å². The average Bonchev–Trinajstić information content (AvgIpc) is 2.75. The molecule has 0 aliphatic heterocycles. The summed E-state index contributed by atoms with van der Waals surface area (Å²) >= 11 is 0. The second-order valence-electron chi connectivity index (χ2n) is 9.90. The van der Waals surface area contributed by atoms with Gasteiger partial charge in [-0.2, -0.15) is 0 Å². The fraction of sp³-hybridized carbons (Fsp3) is 0.920. The van der Waals surface area contributed by atoms with Gasteiger partial charge < -0.3 is 30.9 Å². The van der Waals surface area contributed by atoms with Gasteiger partial charge in [-0.1, -0.05) is 19.3 Å². The van der Waals surface area contributed by atoms with E-state index in [0.29, 0.717) is 32.8 Å². The molecule has 0 rings (SSSR count). The van der Waals surface area contributed by atoms with Gasteiger partial charge in [-0.25, -0.2) is 0 Å². The quantitative estimate of drug-likeness (QED) is 0.179. The van der Waals surface area contributed by atoms with Gasteiger partial charge in [0.1, 0.15) is 0 Å². The maximum Gasteiger partial charge on any atom is 0.220 e. The van der Waals surface area contributed by atoms with Crippen molar-refractivity contribution in [2.24, 2.45) is 5.73 Å². The number of carbonyl (C=O) groups excluding carboxylic acids is 2. The van der Waals surface area contributed by atoms with E-state index in [1.54, 1.807) is 0 Å². The lowest BCUT2D eigenvalue weighted by Crippen LogP contribution is -2.32. The van der Waals surface area contributed by atoms with Crippen molar-refractivity contribution < 1.29 is 24.2 Å². The third kappa shape index (κ3) is 21.1. The third-order valence-corrected chi connectivity index (χ3v) is 5.55. The van der Waals surface area contributed by atoms with Crippen LogP contribution in [0.15, 0.2) is 0 Å². The number of carbonyl (C=O) groups is 2. The number of nitrogens with one attached hydrogen (secondary N) is 2. The van der Waals surface area contributed by atoms with Crippen molar-refractivity contribution in [3.8, 4) is 0 Å². The van der Waals surface area contributed by atoms with Gasteiger partial charge in [0.25, 0.3) is 0 Å². The van der Waals surface area contributed by atoms with Crippen LogP contribution in [-0.2, 0) is 19.1 Å². The maximum atomic E-state index is 11.9. The molecule has 196 valence electrons. The Morgan fingerprint density at radius 1 is 0.727 bits per heavy atom. The number of unbranched alkanes of at least 4 members (excludes halogenated alkanes) is 4. The van der Waals surface area contributed by atoms with Crippen molar-refractivity contribution in [3.63, 3.8) is 0 Å². The van der Waals surface area contributed by atoms with Crippen LogP contribution in [-0.4, -0.2) is 67.6 Å². The predicted octanol–water partition coefficient (Wildman–Crippen LogP) is 3.05. The molecule has 0 heterocycles. The minimum absolute atomic E-state index is 0.0842. The van der Waals surface area contributed by atoms with Crippen molar-refractivity contribution >= 4 is 11.8 Å². The minimum atomic E-state index is -0.287. The van der Waals surface area contributed by atoms with Crippen LogP contribution < -0.4 is 16.4 Å². The Kier molecular flexibility index (Phi) is 18.4. The number of nitrogens with two attached hydrogens (primary N) is 1. The lowest BCUT2D eigenvalue weighted by molar-refractivity contribution is -0.126. The second-order valence-corrected chi connectivity index (χ2v) is 9.90. The van der Waals surface area contributed by atoms with Crippen LogP contribution >= 0.6 is 0 Å². The summed E-state index contributed by atoms with van der Waals surface area (Å²) in [6.45, 7) is 11.6. The second kappa shape index (κ2) is 19.1. The highest BCUT2D eigenvalue weighted by Gasteiger charge is 2.22. The topological polar surface area (TPSA) is 123 Å². The predicted molar refractivity (Wildman–Crippen MR) is 133 cm³/mol. The molecule has 0 saturated heterocycles. The van der Waals surface area contributed by atoms with Gasteiger partial charge in [0.2, 0.25) is 11.8 Å². The molecule has 8 nitrogen and oxygen atoms in total. The Morgan fingerprint density at radius 3 is 1.85 bits per heavy atom. The summed E-state index contributed by atoms with van der Waals surface area (Å²) in [7, 11) is 0. The molecule has 0 atom stereocenters. The van der Waals surface area contributed by atoms with E-state index in [1.807, 2.05) is 0 Å². The molecule has 0 aromatic rings. The molecule has 0 spiro atoms. The van der Waals surface area contributed by atoms with E-state index in [9.17, 15) is 9.59 Å². The molecular weight excluding hydrogens is 422 g/mol. The highest BCUT2D eigenvalue weighted by atomic mass is 16.5. The van der Waals surface area contributed by atoms with E-state index in [2.05, 4.69) is 38.3 Å². The summed E-state index contributed by atoms with van der Waals surface area (Å²) < 4.78 is 12.0. The smallest absolute Gasteiger partial charge is 0.220 e. The number of amides is 2. The molecular formula is C25H51N3O5. The first-order chi connectivity index (χ1) is 15.6. The first-order valence-electron chi connectivity index (χ1n) is 12.7. The summed E-state index contributed by atoms with van der Waals surface area (Å²) in [5, 5.41) is 14.4. The van der Waals surface area contributed by atoms with Crippen molar-refractivity contribution in [2.45, 2.75) is 110 Å². The zero-order valence-corrected chi connectivity index (χ0v) is 21.7. The number of rotatable bonds is 22. The first-order valence-corrected chi connectivity index (χ1v) is 12.7. The van der Waals surface area contributed by atoms with Crippen LogP contribution in [0.25, 0.3) is 0 Å². The number of hydrogen-bond acceptors (Lipinski definition) is 6. The van der Waals surface area contributed by atoms with Crippen LogP contribution in [0.3, 0.4) is 0 Å². The maximum absolute atomic E-state index is 11.9. The SMILES string of the molecule is CC(C)(CCCN)OCCC(C)(C)OCCCNC(=O)CCC(=O)NCCCCCCCO. The number of ether oxygens (including phenoxy) is 2. The zero-order chi connectivity index (χ0) is 25.0. The molecule has 0 radical (unpaired) electrons. The van der Waals surface area contributed by atoms with E-state index < -0.39 is 0 Å². The number of hydrogen-bond donors (Lipinski definition) is 4. The molecule has 8 heteroatoms. The van der Waals surface area contributed by atoms with Crippen LogP contribution in [0.1, 0.15) is 98.3 Å². The third-order valence-electron chi connectivity index (χ3n) is 5.55. The Balaban J connectivity index is 3.72. The zero-order valence-electron chi connectivity index (χ0n) is 21.7. The fourth-order valence-corrected chi connectivity index (χ4v) is 3.29. The van der Waals surface area contributed by atoms with E-state index >= 15 is 0 Å². The van der Waals surface area contributed by atoms with E-state index in [-0.39, 0.29) is 42.5 Å². The van der Waals surface area contributed by atoms with Crippen LogP contribution in [0.2, 0.25) is 0 Å². The molecule has 0 fully saturated rings. The summed E-state index contributed by atoms with van der Waals surface area (Å²) in [5.74, 6) is -0.194. The van der Waals surface area contributed by atoms with Gasteiger partial charge in [-0.15, -0.1) is 0 Å². The molecule has 33 heavy (non-hydrogen) atoms. The Hall–Kier alpha value is -1.22. The molecule has 0 saturated carbocycles. The Labute approximate surface area is 201 Å². The number of aliphatic hydroxyl groups is 1. The van der Waals surface area contributed by atoms with Gasteiger partial charge in [-0.3, -0.25) is 9.59 Å². The molecule has 0 bridgehead atoms. The molecule has 5 N–H and O–H groups in total. The highest BCUT2D eigenvalue weighted by molar-refractivity contribution is 5.83. The molecule has 0 aromatic carbocycles. The molecule has 2 amide bonds. The minimum Gasteiger partial charge on any atom is -0.396 e. The van der Waals surface area contributed by atoms with Crippen LogP contribution in [0.4, 0.5) is 0 Å². The lowest BCUT2D eigenvalue weighted by atomic mass is 10.0. The fourth-order valence-electron chi connectivity index (χ4n) is 3.29. The van der Waals surface area contributed by atoms with Crippen LogP contribution in [0, 0.1) is 0 Å². The number of aliphatic hydroxyl groups excluding tert-OH is 1. The largest absolute Gasteiger partial charge is 0.396 e. The molecule has 0 aromatic heterocycles. The Bertz CT molecular complexity index is 512. The van der Waals surface area contributed by atoms with E-state index in [4.69, 9.17) is 20.3 Å². The average molecular weight is 474 g/mol. The van der Waals surface area contributed by atoms with Crippen molar-refractivity contribution in [2.75, 3.05) is 39.5 Å². The van der Waals surface area contributed by atoms with Gasteiger partial charge in [0, 0.05) is 39.1 Å². The van der Waals surface area contributed by atoms with E-state index in [1.165, 1.54) is 0 Å². The van der Waals surface area contributed by atoms with Crippen molar-refractivity contribution in [3.05, 3.63) is 0 Å². The summed E-state index contributed by atoms with van der Waals surface area (Å²) in [4.78, 5) is 23.7. The molecule has 0 aliphatic rings. The molecule has 0 unspecified atom stereocenters. The first kappa shape index (κ1) is 31.8. The molecule has 0 aliphatic carbocycles.